The average Bonchev–Trinajstić information content (AvgIpc) is 3.57. The Labute approximate surface area is 525 Å². The van der Waals surface area contributed by atoms with Crippen LogP contribution in [0.4, 0.5) is 0 Å². The van der Waals surface area contributed by atoms with Crippen molar-refractivity contribution in [3.8, 4) is 0 Å². The van der Waals surface area contributed by atoms with Crippen molar-refractivity contribution in [1.29, 1.82) is 0 Å². The highest BCUT2D eigenvalue weighted by Crippen LogP contribution is 2.23. The zero-order chi connectivity index (χ0) is 61.4. The van der Waals surface area contributed by atoms with Gasteiger partial charge in [0.2, 0.25) is 5.91 Å². The number of nitrogens with one attached hydrogen (secondary N) is 1. The quantitative estimate of drug-likeness (QED) is 0.0261. The highest BCUT2D eigenvalue weighted by Gasteiger charge is 2.44. The minimum atomic E-state index is -1.57. The van der Waals surface area contributed by atoms with Gasteiger partial charge in [0.15, 0.2) is 6.29 Å². The van der Waals surface area contributed by atoms with Crippen LogP contribution in [-0.4, -0.2) is 87.5 Å². The third kappa shape index (κ3) is 53.2. The molecule has 1 rings (SSSR count). The number of aliphatic hydroxyl groups is 5. The lowest BCUT2D eigenvalue weighted by Gasteiger charge is -2.40. The summed E-state index contributed by atoms with van der Waals surface area (Å²) in [5.41, 5.74) is 0. The third-order valence-electron chi connectivity index (χ3n) is 17.3. The van der Waals surface area contributed by atoms with E-state index in [0.717, 1.165) is 70.6 Å². The summed E-state index contributed by atoms with van der Waals surface area (Å²) < 4.78 is 11.3. The molecule has 1 fully saturated rings. The SMILES string of the molecule is CC/C=C\C/C=C\C/C=C\C/C=C\C/C=C\CCCCCCCCCCCCCCCCCCCCCCCC(=O)NC(COC1OC(CO)C(O)C(O)C1O)C(O)/C=C/CCCCCCCCCCCCCCCCCCCCCCCCC. The van der Waals surface area contributed by atoms with E-state index < -0.39 is 49.5 Å². The van der Waals surface area contributed by atoms with E-state index in [0.29, 0.717) is 6.42 Å². The summed E-state index contributed by atoms with van der Waals surface area (Å²) in [6.07, 6.45) is 84.5. The lowest BCUT2D eigenvalue weighted by Crippen LogP contribution is -2.60. The van der Waals surface area contributed by atoms with Crippen molar-refractivity contribution in [3.05, 3.63) is 72.9 Å². The molecule has 1 amide bonds. The predicted octanol–water partition coefficient (Wildman–Crippen LogP) is 20.3. The molecule has 0 aliphatic carbocycles. The lowest BCUT2D eigenvalue weighted by atomic mass is 9.99. The molecule has 0 bridgehead atoms. The molecule has 1 saturated heterocycles. The fourth-order valence-electron chi connectivity index (χ4n) is 11.6. The van der Waals surface area contributed by atoms with Crippen molar-refractivity contribution in [3.63, 3.8) is 0 Å². The maximum atomic E-state index is 13.1. The first-order valence-corrected chi connectivity index (χ1v) is 36.7. The number of hydrogen-bond acceptors (Lipinski definition) is 8. The number of allylic oxidation sites excluding steroid dienone is 11. The number of unbranched alkanes of at least 4 members (excludes halogenated alkanes) is 44. The van der Waals surface area contributed by atoms with Crippen LogP contribution in [0.25, 0.3) is 0 Å². The Hall–Kier alpha value is -2.37. The van der Waals surface area contributed by atoms with E-state index in [1.807, 2.05) is 6.08 Å². The van der Waals surface area contributed by atoms with Crippen LogP contribution >= 0.6 is 0 Å². The van der Waals surface area contributed by atoms with Crippen LogP contribution in [0.2, 0.25) is 0 Å². The van der Waals surface area contributed by atoms with E-state index in [9.17, 15) is 30.3 Å². The number of carbonyl (C=O) groups is 1. The van der Waals surface area contributed by atoms with Gasteiger partial charge in [-0.25, -0.2) is 0 Å². The third-order valence-corrected chi connectivity index (χ3v) is 17.3. The lowest BCUT2D eigenvalue weighted by molar-refractivity contribution is -0.302. The summed E-state index contributed by atoms with van der Waals surface area (Å²) in [5, 5.41) is 54.8. The highest BCUT2D eigenvalue weighted by molar-refractivity contribution is 5.76. The Morgan fingerprint density at radius 1 is 0.412 bits per heavy atom. The number of aliphatic hydroxyl groups excluding tert-OH is 5. The van der Waals surface area contributed by atoms with Crippen molar-refractivity contribution in [1.82, 2.24) is 5.32 Å². The minimum Gasteiger partial charge on any atom is -0.394 e. The van der Waals surface area contributed by atoms with Gasteiger partial charge < -0.3 is 40.3 Å². The smallest absolute Gasteiger partial charge is 0.220 e. The van der Waals surface area contributed by atoms with Crippen molar-refractivity contribution < 1.29 is 39.8 Å². The van der Waals surface area contributed by atoms with Gasteiger partial charge in [0.05, 0.1) is 25.4 Å². The molecule has 0 spiro atoms. The number of rotatable bonds is 64. The van der Waals surface area contributed by atoms with Gasteiger partial charge in [-0.2, -0.15) is 0 Å². The number of hydrogen-bond donors (Lipinski definition) is 6. The van der Waals surface area contributed by atoms with Gasteiger partial charge in [-0.1, -0.05) is 350 Å². The standard InChI is InChI=1S/C76H139NO8/c1-3-5-7-9-11-13-15-17-19-21-23-25-27-29-30-31-32-33-34-35-36-37-38-39-40-42-44-46-48-50-52-54-56-58-60-62-64-66-72(80)77-69(68-84-76-75(83)74(82)73(81)71(67-78)85-76)70(79)65-63-61-59-57-55-53-51-49-47-45-43-41-28-26-24-22-20-18-16-14-12-10-8-6-4-2/h5,7,11,13,17,19,23,25,29-30,63,65,69-71,73-76,78-79,81-83H,3-4,6,8-10,12,14-16,18,20-22,24,26-28,31-62,64,66-68H2,1-2H3,(H,77,80)/b7-5-,13-11-,19-17-,25-23-,30-29-,65-63+. The summed E-state index contributed by atoms with van der Waals surface area (Å²) >= 11 is 0. The average molecular weight is 1190 g/mol. The minimum absolute atomic E-state index is 0.171. The highest BCUT2D eigenvalue weighted by atomic mass is 16.7. The van der Waals surface area contributed by atoms with Crippen molar-refractivity contribution in [2.24, 2.45) is 0 Å². The second-order valence-electron chi connectivity index (χ2n) is 25.4. The first kappa shape index (κ1) is 80.6. The molecule has 6 N–H and O–H groups in total. The van der Waals surface area contributed by atoms with Gasteiger partial charge in [0.1, 0.15) is 24.4 Å². The van der Waals surface area contributed by atoms with Gasteiger partial charge >= 0.3 is 0 Å². The first-order valence-electron chi connectivity index (χ1n) is 36.7. The van der Waals surface area contributed by atoms with Crippen molar-refractivity contribution in [2.75, 3.05) is 13.2 Å². The number of carbonyl (C=O) groups excluding carboxylic acids is 1. The molecule has 0 aromatic carbocycles. The predicted molar refractivity (Wildman–Crippen MR) is 364 cm³/mol. The molecule has 7 atom stereocenters. The van der Waals surface area contributed by atoms with Gasteiger partial charge in [-0.3, -0.25) is 4.79 Å². The van der Waals surface area contributed by atoms with E-state index in [1.165, 1.54) is 257 Å². The molecule has 1 aliphatic heterocycles. The number of ether oxygens (including phenoxy) is 2. The van der Waals surface area contributed by atoms with Crippen LogP contribution in [0.15, 0.2) is 72.9 Å². The molecule has 0 aromatic heterocycles. The second kappa shape index (κ2) is 64.6. The first-order chi connectivity index (χ1) is 41.8. The molecular weight excluding hydrogens is 1050 g/mol. The molecule has 0 radical (unpaired) electrons. The molecule has 0 aromatic rings. The molecule has 1 heterocycles. The Kier molecular flexibility index (Phi) is 61.3. The van der Waals surface area contributed by atoms with Gasteiger partial charge in [-0.05, 0) is 64.2 Å². The molecule has 1 aliphatic rings. The normalized spacial score (nSPS) is 18.5. The monoisotopic (exact) mass is 1190 g/mol. The second-order valence-corrected chi connectivity index (χ2v) is 25.4. The molecule has 0 saturated carbocycles. The molecule has 85 heavy (non-hydrogen) atoms. The maximum Gasteiger partial charge on any atom is 0.220 e. The zero-order valence-corrected chi connectivity index (χ0v) is 55.6. The summed E-state index contributed by atoms with van der Waals surface area (Å²) in [4.78, 5) is 13.1. The van der Waals surface area contributed by atoms with Crippen LogP contribution in [0.3, 0.4) is 0 Å². The largest absolute Gasteiger partial charge is 0.394 e. The van der Waals surface area contributed by atoms with E-state index in [-0.39, 0.29) is 12.5 Å². The van der Waals surface area contributed by atoms with Crippen LogP contribution in [0.5, 0.6) is 0 Å². The fourth-order valence-corrected chi connectivity index (χ4v) is 11.6. The Morgan fingerprint density at radius 2 is 0.729 bits per heavy atom. The summed E-state index contributed by atoms with van der Waals surface area (Å²) in [6, 6.07) is -0.807. The Morgan fingerprint density at radius 3 is 1.08 bits per heavy atom. The van der Waals surface area contributed by atoms with Gasteiger partial charge in [-0.15, -0.1) is 0 Å². The van der Waals surface area contributed by atoms with E-state index in [4.69, 9.17) is 9.47 Å². The zero-order valence-electron chi connectivity index (χ0n) is 55.6. The van der Waals surface area contributed by atoms with Crippen LogP contribution in [0, 0.1) is 0 Å². The van der Waals surface area contributed by atoms with Gasteiger partial charge in [0, 0.05) is 6.42 Å². The summed E-state index contributed by atoms with van der Waals surface area (Å²) in [7, 11) is 0. The van der Waals surface area contributed by atoms with Gasteiger partial charge in [0.25, 0.3) is 0 Å². The fraction of sp³-hybridized carbons (Fsp3) is 0.829. The van der Waals surface area contributed by atoms with Crippen molar-refractivity contribution >= 4 is 5.91 Å². The van der Waals surface area contributed by atoms with Crippen LogP contribution in [-0.2, 0) is 14.3 Å². The molecule has 496 valence electrons. The summed E-state index contributed by atoms with van der Waals surface area (Å²) in [5.74, 6) is -0.171. The van der Waals surface area contributed by atoms with Crippen molar-refractivity contribution in [2.45, 2.75) is 391 Å². The van der Waals surface area contributed by atoms with Crippen LogP contribution < -0.4 is 5.32 Å². The topological polar surface area (TPSA) is 149 Å². The van der Waals surface area contributed by atoms with E-state index in [2.05, 4.69) is 79.9 Å². The van der Waals surface area contributed by atoms with Crippen LogP contribution in [0.1, 0.15) is 348 Å². The van der Waals surface area contributed by atoms with E-state index >= 15 is 0 Å². The maximum absolute atomic E-state index is 13.1. The Bertz CT molecular complexity index is 1570. The summed E-state index contributed by atoms with van der Waals surface area (Å²) in [6.45, 7) is 3.71. The molecule has 9 heteroatoms. The molecule has 7 unspecified atom stereocenters. The van der Waals surface area contributed by atoms with E-state index in [1.54, 1.807) is 6.08 Å². The molecule has 9 nitrogen and oxygen atoms in total. The molecular formula is C76H139NO8. The number of amides is 1. The Balaban J connectivity index is 2.09.